The van der Waals surface area contributed by atoms with Crippen LogP contribution >= 0.6 is 0 Å². The molecule has 2 rings (SSSR count). The van der Waals surface area contributed by atoms with E-state index in [-0.39, 0.29) is 22.7 Å². The Balaban J connectivity index is 2.40. The fraction of sp³-hybridized carbons (Fsp3) is 0.545. The van der Waals surface area contributed by atoms with Gasteiger partial charge < -0.3 is 9.67 Å². The van der Waals surface area contributed by atoms with Crippen LogP contribution in [0.4, 0.5) is 0 Å². The lowest BCUT2D eigenvalue weighted by Crippen LogP contribution is -2.29. The van der Waals surface area contributed by atoms with Crippen LogP contribution in [-0.4, -0.2) is 30.1 Å². The normalized spacial score (nSPS) is 16.2. The summed E-state index contributed by atoms with van der Waals surface area (Å²) in [4.78, 5) is 11.1. The summed E-state index contributed by atoms with van der Waals surface area (Å²) in [6.07, 6.45) is 3.20. The second kappa shape index (κ2) is 4.40. The summed E-state index contributed by atoms with van der Waals surface area (Å²) in [5.41, 5.74) is 0.0293. The molecule has 1 aliphatic rings. The van der Waals surface area contributed by atoms with E-state index < -0.39 is 16.0 Å². The Morgan fingerprint density at radius 1 is 1.50 bits per heavy atom. The number of nitrogens with zero attached hydrogens (tertiary/aromatic N) is 1. The number of carboxylic acids is 1. The Hall–Kier alpha value is -1.34. The van der Waals surface area contributed by atoms with E-state index in [0.717, 1.165) is 12.8 Å². The molecule has 0 radical (unpaired) electrons. The molecule has 1 aliphatic carbocycles. The molecule has 0 atom stereocenters. The topological polar surface area (TPSA) is 88.4 Å². The number of hydrogen-bond donors (Lipinski definition) is 2. The number of aromatic carboxylic acids is 1. The minimum atomic E-state index is -3.63. The summed E-state index contributed by atoms with van der Waals surface area (Å²) in [7, 11) is -3.63. The van der Waals surface area contributed by atoms with Crippen molar-refractivity contribution in [2.24, 2.45) is 0 Å². The van der Waals surface area contributed by atoms with Gasteiger partial charge in [-0.25, -0.2) is 17.9 Å². The first-order chi connectivity index (χ1) is 8.31. The molecule has 6 nitrogen and oxygen atoms in total. The Labute approximate surface area is 106 Å². The van der Waals surface area contributed by atoms with Crippen molar-refractivity contribution in [1.82, 2.24) is 9.29 Å². The maximum atomic E-state index is 12.0. The second-order valence-electron chi connectivity index (χ2n) is 4.78. The maximum Gasteiger partial charge on any atom is 0.352 e. The molecular weight excluding hydrogens is 256 g/mol. The minimum Gasteiger partial charge on any atom is -0.477 e. The van der Waals surface area contributed by atoms with Gasteiger partial charge in [0.2, 0.25) is 10.0 Å². The maximum absolute atomic E-state index is 12.0. The molecule has 1 heterocycles. The van der Waals surface area contributed by atoms with Crippen LogP contribution in [0.15, 0.2) is 17.2 Å². The van der Waals surface area contributed by atoms with Crippen molar-refractivity contribution in [3.63, 3.8) is 0 Å². The van der Waals surface area contributed by atoms with E-state index in [1.165, 1.54) is 16.8 Å². The van der Waals surface area contributed by atoms with Crippen LogP contribution in [0.25, 0.3) is 0 Å². The molecule has 0 saturated heterocycles. The first-order valence-electron chi connectivity index (χ1n) is 5.79. The van der Waals surface area contributed by atoms with Gasteiger partial charge in [-0.05, 0) is 32.8 Å². The molecule has 100 valence electrons. The van der Waals surface area contributed by atoms with E-state index in [9.17, 15) is 13.2 Å². The van der Waals surface area contributed by atoms with Crippen molar-refractivity contribution < 1.29 is 18.3 Å². The lowest BCUT2D eigenvalue weighted by Gasteiger charge is -2.07. The van der Waals surface area contributed by atoms with Crippen LogP contribution in [0.1, 0.15) is 43.2 Å². The van der Waals surface area contributed by atoms with Crippen LogP contribution in [-0.2, 0) is 10.0 Å². The number of nitrogens with one attached hydrogen (secondary N) is 1. The van der Waals surface area contributed by atoms with Gasteiger partial charge in [0.05, 0.1) is 0 Å². The third-order valence-electron chi connectivity index (χ3n) is 2.68. The summed E-state index contributed by atoms with van der Waals surface area (Å²) >= 11 is 0. The SMILES string of the molecule is CC(C)NS(=O)(=O)c1cc(C(=O)O)n(C2CC2)c1. The summed E-state index contributed by atoms with van der Waals surface area (Å²) in [6.45, 7) is 3.43. The van der Waals surface area contributed by atoms with Gasteiger partial charge in [0, 0.05) is 18.3 Å². The van der Waals surface area contributed by atoms with E-state index >= 15 is 0 Å². The van der Waals surface area contributed by atoms with Gasteiger partial charge >= 0.3 is 5.97 Å². The smallest absolute Gasteiger partial charge is 0.352 e. The quantitative estimate of drug-likeness (QED) is 0.843. The highest BCUT2D eigenvalue weighted by molar-refractivity contribution is 7.89. The summed E-state index contributed by atoms with van der Waals surface area (Å²) in [5.74, 6) is -1.10. The predicted octanol–water partition coefficient (Wildman–Crippen LogP) is 1.21. The summed E-state index contributed by atoms with van der Waals surface area (Å²) < 4.78 is 27.9. The van der Waals surface area contributed by atoms with E-state index in [1.807, 2.05) is 0 Å². The molecule has 1 fully saturated rings. The molecule has 0 amide bonds. The average Bonchev–Trinajstić information content (AvgIpc) is 2.94. The highest BCUT2D eigenvalue weighted by atomic mass is 32.2. The molecule has 18 heavy (non-hydrogen) atoms. The minimum absolute atomic E-state index is 0.0144. The number of aromatic nitrogens is 1. The number of carbonyl (C=O) groups is 1. The molecule has 1 saturated carbocycles. The van der Waals surface area contributed by atoms with Crippen LogP contribution in [0, 0.1) is 0 Å². The number of sulfonamides is 1. The Kier molecular flexibility index (Phi) is 3.20. The van der Waals surface area contributed by atoms with Crippen molar-refractivity contribution in [1.29, 1.82) is 0 Å². The molecule has 1 aromatic heterocycles. The van der Waals surface area contributed by atoms with Crippen molar-refractivity contribution >= 4 is 16.0 Å². The lowest BCUT2D eigenvalue weighted by atomic mass is 10.4. The summed E-state index contributed by atoms with van der Waals surface area (Å²) in [5, 5.41) is 9.07. The van der Waals surface area contributed by atoms with Gasteiger partial charge in [-0.15, -0.1) is 0 Å². The first kappa shape index (κ1) is 13.1. The van der Waals surface area contributed by atoms with Crippen molar-refractivity contribution in [2.75, 3.05) is 0 Å². The second-order valence-corrected chi connectivity index (χ2v) is 6.49. The molecule has 0 aromatic carbocycles. The van der Waals surface area contributed by atoms with Gasteiger partial charge in [0.25, 0.3) is 0 Å². The Bertz CT molecular complexity index is 570. The Morgan fingerprint density at radius 3 is 2.56 bits per heavy atom. The standard InChI is InChI=1S/C11H16N2O4S/c1-7(2)12-18(16,17)9-5-10(11(14)15)13(6-9)8-3-4-8/h5-8,12H,3-4H2,1-2H3,(H,14,15). The van der Waals surface area contributed by atoms with Crippen LogP contribution in [0.2, 0.25) is 0 Å². The molecule has 2 N–H and O–H groups in total. The lowest BCUT2D eigenvalue weighted by molar-refractivity contribution is 0.0685. The van der Waals surface area contributed by atoms with Gasteiger partial charge in [0.15, 0.2) is 0 Å². The van der Waals surface area contributed by atoms with Crippen molar-refractivity contribution in [3.8, 4) is 0 Å². The van der Waals surface area contributed by atoms with E-state index in [4.69, 9.17) is 5.11 Å². The van der Waals surface area contributed by atoms with Gasteiger partial charge in [-0.2, -0.15) is 0 Å². The van der Waals surface area contributed by atoms with E-state index in [0.29, 0.717) is 0 Å². The number of hydrogen-bond acceptors (Lipinski definition) is 3. The highest BCUT2D eigenvalue weighted by Crippen LogP contribution is 2.37. The molecule has 1 aromatic rings. The fourth-order valence-corrected chi connectivity index (χ4v) is 3.08. The first-order valence-corrected chi connectivity index (χ1v) is 7.27. The van der Waals surface area contributed by atoms with E-state index in [1.54, 1.807) is 13.8 Å². The molecule has 7 heteroatoms. The van der Waals surface area contributed by atoms with Crippen LogP contribution in [0.3, 0.4) is 0 Å². The zero-order chi connectivity index (χ0) is 13.5. The van der Waals surface area contributed by atoms with Crippen molar-refractivity contribution in [2.45, 2.75) is 43.7 Å². The number of carboxylic acid groups (broad SMARTS) is 1. The molecule has 0 spiro atoms. The molecule has 0 unspecified atom stereocenters. The molecule has 0 aliphatic heterocycles. The highest BCUT2D eigenvalue weighted by Gasteiger charge is 2.30. The van der Waals surface area contributed by atoms with E-state index in [2.05, 4.69) is 4.72 Å². The molecule has 0 bridgehead atoms. The zero-order valence-electron chi connectivity index (χ0n) is 10.3. The predicted molar refractivity (Wildman–Crippen MR) is 65.1 cm³/mol. The third-order valence-corrected chi connectivity index (χ3v) is 4.31. The third kappa shape index (κ3) is 2.56. The monoisotopic (exact) mass is 272 g/mol. The van der Waals surface area contributed by atoms with Gasteiger partial charge in [-0.1, -0.05) is 0 Å². The number of rotatable bonds is 5. The summed E-state index contributed by atoms with van der Waals surface area (Å²) in [6, 6.07) is 1.11. The van der Waals surface area contributed by atoms with Crippen LogP contribution < -0.4 is 4.72 Å². The zero-order valence-corrected chi connectivity index (χ0v) is 11.1. The fourth-order valence-electron chi connectivity index (χ4n) is 1.81. The van der Waals surface area contributed by atoms with Gasteiger partial charge in [0.1, 0.15) is 10.6 Å². The average molecular weight is 272 g/mol. The van der Waals surface area contributed by atoms with Gasteiger partial charge in [-0.3, -0.25) is 0 Å². The largest absolute Gasteiger partial charge is 0.477 e. The van der Waals surface area contributed by atoms with Crippen LogP contribution in [0.5, 0.6) is 0 Å². The molecular formula is C11H16N2O4S. The van der Waals surface area contributed by atoms with Crippen molar-refractivity contribution in [3.05, 3.63) is 18.0 Å². The Morgan fingerprint density at radius 2 is 2.11 bits per heavy atom.